The van der Waals surface area contributed by atoms with Crippen molar-refractivity contribution in [2.24, 2.45) is 0 Å². The van der Waals surface area contributed by atoms with Crippen LogP contribution >= 0.6 is 0 Å². The molecule has 0 unspecified atom stereocenters. The minimum atomic E-state index is 0.131. The summed E-state index contributed by atoms with van der Waals surface area (Å²) in [4.78, 5) is 18.5. The molecule has 1 aromatic carbocycles. The van der Waals surface area contributed by atoms with Crippen molar-refractivity contribution in [3.05, 3.63) is 35.0 Å². The zero-order valence-corrected chi connectivity index (χ0v) is 15.1. The van der Waals surface area contributed by atoms with Gasteiger partial charge < -0.3 is 15.2 Å². The van der Waals surface area contributed by atoms with Crippen LogP contribution in [0, 0.1) is 13.8 Å². The van der Waals surface area contributed by atoms with Crippen molar-refractivity contribution in [1.29, 1.82) is 0 Å². The SMILES string of the molecule is CC[C@@H](CN1CCCC1)NC(=O)Cc1c(C)[nH]c2c(C)cccc12. The fourth-order valence-electron chi connectivity index (χ4n) is 3.77. The molecule has 1 aromatic heterocycles. The molecule has 0 radical (unpaired) electrons. The second-order valence-corrected chi connectivity index (χ2v) is 7.08. The Morgan fingerprint density at radius 1 is 1.29 bits per heavy atom. The average molecular weight is 327 g/mol. The van der Waals surface area contributed by atoms with Gasteiger partial charge in [0.25, 0.3) is 0 Å². The van der Waals surface area contributed by atoms with E-state index >= 15 is 0 Å². The number of benzene rings is 1. The molecule has 0 saturated carbocycles. The molecule has 2 N–H and O–H groups in total. The Kier molecular flexibility index (Phi) is 5.24. The second kappa shape index (κ2) is 7.39. The molecule has 4 nitrogen and oxygen atoms in total. The number of nitrogens with zero attached hydrogens (tertiary/aromatic N) is 1. The summed E-state index contributed by atoms with van der Waals surface area (Å²) in [6.07, 6.45) is 4.01. The highest BCUT2D eigenvalue weighted by atomic mass is 16.1. The molecule has 1 atom stereocenters. The Labute approximate surface area is 144 Å². The lowest BCUT2D eigenvalue weighted by atomic mass is 10.0. The van der Waals surface area contributed by atoms with Crippen LogP contribution < -0.4 is 5.32 Å². The molecule has 2 aromatic rings. The minimum Gasteiger partial charge on any atom is -0.358 e. The number of fused-ring (bicyclic) bond motifs is 1. The molecule has 1 fully saturated rings. The highest BCUT2D eigenvalue weighted by Gasteiger charge is 2.19. The number of hydrogen-bond acceptors (Lipinski definition) is 2. The van der Waals surface area contributed by atoms with Gasteiger partial charge in [-0.2, -0.15) is 0 Å². The maximum absolute atomic E-state index is 12.6. The van der Waals surface area contributed by atoms with E-state index in [0.29, 0.717) is 6.42 Å². The molecule has 1 amide bonds. The summed E-state index contributed by atoms with van der Waals surface area (Å²) in [6.45, 7) is 9.64. The molecule has 2 heterocycles. The summed E-state index contributed by atoms with van der Waals surface area (Å²) in [6, 6.07) is 6.53. The zero-order chi connectivity index (χ0) is 17.1. The summed E-state index contributed by atoms with van der Waals surface area (Å²) in [5.74, 6) is 0.131. The Hall–Kier alpha value is -1.81. The number of para-hydroxylation sites is 1. The monoisotopic (exact) mass is 327 g/mol. The number of hydrogen-bond donors (Lipinski definition) is 2. The van der Waals surface area contributed by atoms with Crippen molar-refractivity contribution in [3.63, 3.8) is 0 Å². The smallest absolute Gasteiger partial charge is 0.224 e. The summed E-state index contributed by atoms with van der Waals surface area (Å²) in [5, 5.41) is 4.42. The van der Waals surface area contributed by atoms with E-state index in [1.165, 1.54) is 36.9 Å². The number of aromatic amines is 1. The maximum Gasteiger partial charge on any atom is 0.224 e. The molecular formula is C20H29N3O. The first kappa shape index (κ1) is 17.0. The summed E-state index contributed by atoms with van der Waals surface area (Å²) >= 11 is 0. The minimum absolute atomic E-state index is 0.131. The van der Waals surface area contributed by atoms with E-state index < -0.39 is 0 Å². The normalized spacial score (nSPS) is 16.6. The van der Waals surface area contributed by atoms with E-state index in [-0.39, 0.29) is 11.9 Å². The van der Waals surface area contributed by atoms with Gasteiger partial charge in [-0.3, -0.25) is 4.79 Å². The maximum atomic E-state index is 12.6. The van der Waals surface area contributed by atoms with Gasteiger partial charge in [0, 0.05) is 29.2 Å². The lowest BCUT2D eigenvalue weighted by Gasteiger charge is -2.23. The number of likely N-dealkylation sites (tertiary alicyclic amines) is 1. The van der Waals surface area contributed by atoms with Crippen LogP contribution in [0.5, 0.6) is 0 Å². The van der Waals surface area contributed by atoms with Crippen molar-refractivity contribution in [2.75, 3.05) is 19.6 Å². The first-order valence-corrected chi connectivity index (χ1v) is 9.17. The number of amides is 1. The van der Waals surface area contributed by atoms with Gasteiger partial charge in [-0.25, -0.2) is 0 Å². The van der Waals surface area contributed by atoms with Gasteiger partial charge in [0.15, 0.2) is 0 Å². The van der Waals surface area contributed by atoms with Crippen molar-refractivity contribution in [3.8, 4) is 0 Å². The van der Waals surface area contributed by atoms with Crippen molar-refractivity contribution in [2.45, 2.75) is 52.5 Å². The molecular weight excluding hydrogens is 298 g/mol. The van der Waals surface area contributed by atoms with Gasteiger partial charge in [0.2, 0.25) is 5.91 Å². The third kappa shape index (κ3) is 3.64. The number of nitrogens with one attached hydrogen (secondary N) is 2. The number of rotatable bonds is 6. The Bertz CT molecular complexity index is 713. The molecule has 1 aliphatic heterocycles. The third-order valence-corrected chi connectivity index (χ3v) is 5.24. The van der Waals surface area contributed by atoms with Crippen LogP contribution in [0.25, 0.3) is 10.9 Å². The van der Waals surface area contributed by atoms with E-state index in [1.807, 2.05) is 0 Å². The van der Waals surface area contributed by atoms with Gasteiger partial charge in [0.1, 0.15) is 0 Å². The largest absolute Gasteiger partial charge is 0.358 e. The van der Waals surface area contributed by atoms with E-state index in [2.05, 4.69) is 54.2 Å². The Balaban J connectivity index is 1.68. The van der Waals surface area contributed by atoms with Crippen LogP contribution in [0.4, 0.5) is 0 Å². The Morgan fingerprint density at radius 3 is 2.75 bits per heavy atom. The number of aromatic nitrogens is 1. The number of carbonyl (C=O) groups excluding carboxylic acids is 1. The third-order valence-electron chi connectivity index (χ3n) is 5.24. The fourth-order valence-corrected chi connectivity index (χ4v) is 3.77. The molecule has 3 rings (SSSR count). The number of aryl methyl sites for hydroxylation is 2. The summed E-state index contributed by atoms with van der Waals surface area (Å²) in [5.41, 5.74) is 4.61. The van der Waals surface area contributed by atoms with Crippen LogP contribution in [0.2, 0.25) is 0 Å². The lowest BCUT2D eigenvalue weighted by Crippen LogP contribution is -2.43. The van der Waals surface area contributed by atoms with Gasteiger partial charge in [-0.05, 0) is 57.3 Å². The average Bonchev–Trinajstić information content (AvgIpc) is 3.17. The number of H-pyrrole nitrogens is 1. The number of carbonyl (C=O) groups is 1. The predicted octanol–water partition coefficient (Wildman–Crippen LogP) is 3.32. The summed E-state index contributed by atoms with van der Waals surface area (Å²) < 4.78 is 0. The van der Waals surface area contributed by atoms with Gasteiger partial charge >= 0.3 is 0 Å². The first-order valence-electron chi connectivity index (χ1n) is 9.17. The highest BCUT2D eigenvalue weighted by molar-refractivity contribution is 5.91. The van der Waals surface area contributed by atoms with E-state index in [4.69, 9.17) is 0 Å². The highest BCUT2D eigenvalue weighted by Crippen LogP contribution is 2.25. The van der Waals surface area contributed by atoms with Crippen molar-refractivity contribution < 1.29 is 4.79 Å². The zero-order valence-electron chi connectivity index (χ0n) is 15.1. The van der Waals surface area contributed by atoms with Gasteiger partial charge in [-0.1, -0.05) is 25.1 Å². The Morgan fingerprint density at radius 2 is 2.04 bits per heavy atom. The van der Waals surface area contributed by atoms with Crippen molar-refractivity contribution in [1.82, 2.24) is 15.2 Å². The van der Waals surface area contributed by atoms with E-state index in [9.17, 15) is 4.79 Å². The van der Waals surface area contributed by atoms with Crippen LogP contribution in [-0.2, 0) is 11.2 Å². The predicted molar refractivity (Wildman–Crippen MR) is 99.4 cm³/mol. The van der Waals surface area contributed by atoms with Crippen LogP contribution in [-0.4, -0.2) is 41.5 Å². The molecule has 24 heavy (non-hydrogen) atoms. The molecule has 0 spiro atoms. The molecule has 130 valence electrons. The molecule has 0 aliphatic carbocycles. The van der Waals surface area contributed by atoms with E-state index in [1.54, 1.807) is 0 Å². The van der Waals surface area contributed by atoms with Crippen LogP contribution in [0.1, 0.15) is 43.0 Å². The van der Waals surface area contributed by atoms with Crippen LogP contribution in [0.15, 0.2) is 18.2 Å². The van der Waals surface area contributed by atoms with Gasteiger partial charge in [-0.15, -0.1) is 0 Å². The first-order chi connectivity index (χ1) is 11.6. The van der Waals surface area contributed by atoms with Crippen LogP contribution in [0.3, 0.4) is 0 Å². The summed E-state index contributed by atoms with van der Waals surface area (Å²) in [7, 11) is 0. The fraction of sp³-hybridized carbons (Fsp3) is 0.550. The molecule has 0 bridgehead atoms. The second-order valence-electron chi connectivity index (χ2n) is 7.08. The topological polar surface area (TPSA) is 48.1 Å². The molecule has 4 heteroatoms. The van der Waals surface area contributed by atoms with Gasteiger partial charge in [0.05, 0.1) is 6.42 Å². The standard InChI is InChI=1S/C20H29N3O/c1-4-16(13-23-10-5-6-11-23)22-19(24)12-18-15(3)21-20-14(2)8-7-9-17(18)20/h7-9,16,21H,4-6,10-13H2,1-3H3,(H,22,24)/t16-/m0/s1. The quantitative estimate of drug-likeness (QED) is 0.855. The van der Waals surface area contributed by atoms with E-state index in [0.717, 1.165) is 29.7 Å². The lowest BCUT2D eigenvalue weighted by molar-refractivity contribution is -0.121. The van der Waals surface area contributed by atoms with Crippen molar-refractivity contribution >= 4 is 16.8 Å². The molecule has 1 aliphatic rings. The molecule has 1 saturated heterocycles.